The number of halogens is 3. The van der Waals surface area contributed by atoms with Crippen molar-refractivity contribution in [3.63, 3.8) is 0 Å². The van der Waals surface area contributed by atoms with Crippen LogP contribution in [0.3, 0.4) is 0 Å². The van der Waals surface area contributed by atoms with E-state index in [-0.39, 0.29) is 5.91 Å². The van der Waals surface area contributed by atoms with Crippen LogP contribution in [-0.2, 0) is 4.79 Å². The van der Waals surface area contributed by atoms with E-state index in [4.69, 9.17) is 39.5 Å². The Morgan fingerprint density at radius 1 is 1.09 bits per heavy atom. The highest BCUT2D eigenvalue weighted by Gasteiger charge is 2.15. The summed E-state index contributed by atoms with van der Waals surface area (Å²) in [6.45, 7) is 1.73. The molecule has 0 aliphatic heterocycles. The van der Waals surface area contributed by atoms with Gasteiger partial charge in [-0.25, -0.2) is 0 Å². The second-order valence-electron chi connectivity index (χ2n) is 4.83. The maximum atomic E-state index is 12.3. The van der Waals surface area contributed by atoms with E-state index < -0.39 is 6.04 Å². The molecular formula is C16H15Cl3N2O2. The molecule has 23 heavy (non-hydrogen) atoms. The Morgan fingerprint density at radius 2 is 1.83 bits per heavy atom. The summed E-state index contributed by atoms with van der Waals surface area (Å²) in [5.74, 6) is 0.320. The standard InChI is InChI=1S/C16H15Cl3N2O2/c1-9(20-11-4-6-15(23-2)13(19)8-11)16(22)21-14-7-10(17)3-5-12(14)18/h3-9,20H,1-2H3,(H,21,22)/t9-/m0/s1. The van der Waals surface area contributed by atoms with Gasteiger partial charge in [0.05, 0.1) is 22.8 Å². The highest BCUT2D eigenvalue weighted by atomic mass is 35.5. The van der Waals surface area contributed by atoms with Crippen molar-refractivity contribution >= 4 is 52.1 Å². The van der Waals surface area contributed by atoms with Gasteiger partial charge in [-0.1, -0.05) is 34.8 Å². The fourth-order valence-electron chi connectivity index (χ4n) is 1.91. The largest absolute Gasteiger partial charge is 0.495 e. The number of ether oxygens (including phenoxy) is 1. The van der Waals surface area contributed by atoms with Gasteiger partial charge in [0.2, 0.25) is 5.91 Å². The van der Waals surface area contributed by atoms with Crippen LogP contribution in [0.4, 0.5) is 11.4 Å². The van der Waals surface area contributed by atoms with Crippen LogP contribution in [0.15, 0.2) is 36.4 Å². The molecule has 0 aromatic heterocycles. The third kappa shape index (κ3) is 4.67. The lowest BCUT2D eigenvalue weighted by Crippen LogP contribution is -2.31. The number of anilines is 2. The number of nitrogens with one attached hydrogen (secondary N) is 2. The number of amides is 1. The van der Waals surface area contributed by atoms with E-state index in [0.717, 1.165) is 0 Å². The molecule has 0 spiro atoms. The molecule has 0 heterocycles. The minimum Gasteiger partial charge on any atom is -0.495 e. The molecule has 0 unspecified atom stereocenters. The smallest absolute Gasteiger partial charge is 0.246 e. The first-order chi connectivity index (χ1) is 10.9. The van der Waals surface area contributed by atoms with Crippen LogP contribution in [-0.4, -0.2) is 19.1 Å². The molecule has 0 saturated heterocycles. The molecule has 1 amide bonds. The number of carbonyl (C=O) groups is 1. The van der Waals surface area contributed by atoms with Gasteiger partial charge >= 0.3 is 0 Å². The zero-order chi connectivity index (χ0) is 17.0. The Morgan fingerprint density at radius 3 is 2.48 bits per heavy atom. The molecule has 2 N–H and O–H groups in total. The van der Waals surface area contributed by atoms with Gasteiger partial charge in [0.15, 0.2) is 0 Å². The fraction of sp³-hybridized carbons (Fsp3) is 0.188. The van der Waals surface area contributed by atoms with Crippen LogP contribution in [0.5, 0.6) is 5.75 Å². The molecule has 2 aromatic rings. The first kappa shape index (κ1) is 17.7. The van der Waals surface area contributed by atoms with Gasteiger partial charge < -0.3 is 15.4 Å². The van der Waals surface area contributed by atoms with Crippen molar-refractivity contribution in [2.45, 2.75) is 13.0 Å². The molecule has 0 saturated carbocycles. The average molecular weight is 374 g/mol. The summed E-state index contributed by atoms with van der Waals surface area (Å²) in [7, 11) is 1.54. The molecule has 2 rings (SSSR count). The predicted octanol–water partition coefficient (Wildman–Crippen LogP) is 5.09. The van der Waals surface area contributed by atoms with E-state index in [0.29, 0.717) is 32.2 Å². The van der Waals surface area contributed by atoms with Crippen LogP contribution in [0.2, 0.25) is 15.1 Å². The van der Waals surface area contributed by atoms with Crippen LogP contribution in [0.25, 0.3) is 0 Å². The van der Waals surface area contributed by atoms with Crippen LogP contribution in [0, 0.1) is 0 Å². The summed E-state index contributed by atoms with van der Waals surface area (Å²) >= 11 is 18.0. The van der Waals surface area contributed by atoms with Crippen LogP contribution in [0.1, 0.15) is 6.92 Å². The van der Waals surface area contributed by atoms with E-state index in [2.05, 4.69) is 10.6 Å². The molecule has 4 nitrogen and oxygen atoms in total. The Labute approximate surface area is 149 Å². The summed E-state index contributed by atoms with van der Waals surface area (Å²) < 4.78 is 5.09. The van der Waals surface area contributed by atoms with Gasteiger partial charge in [0, 0.05) is 10.7 Å². The van der Waals surface area contributed by atoms with Gasteiger partial charge in [-0.2, -0.15) is 0 Å². The van der Waals surface area contributed by atoms with Crippen molar-refractivity contribution < 1.29 is 9.53 Å². The lowest BCUT2D eigenvalue weighted by atomic mass is 10.2. The minimum atomic E-state index is -0.505. The third-order valence-corrected chi connectivity index (χ3v) is 3.97. The molecule has 0 fully saturated rings. The highest BCUT2D eigenvalue weighted by Crippen LogP contribution is 2.28. The monoisotopic (exact) mass is 372 g/mol. The Kier molecular flexibility index (Phi) is 5.99. The first-order valence-corrected chi connectivity index (χ1v) is 7.90. The van der Waals surface area contributed by atoms with Crippen molar-refractivity contribution in [2.75, 3.05) is 17.7 Å². The number of rotatable bonds is 5. The zero-order valence-electron chi connectivity index (χ0n) is 12.5. The van der Waals surface area contributed by atoms with Gasteiger partial charge in [0.1, 0.15) is 11.8 Å². The predicted molar refractivity (Wildman–Crippen MR) is 96.2 cm³/mol. The SMILES string of the molecule is COc1ccc(N[C@@H](C)C(=O)Nc2cc(Cl)ccc2Cl)cc1Cl. The summed E-state index contributed by atoms with van der Waals surface area (Å²) in [5, 5.41) is 7.17. The molecule has 122 valence electrons. The first-order valence-electron chi connectivity index (χ1n) is 6.76. The van der Waals surface area contributed by atoms with Crippen molar-refractivity contribution in [3.05, 3.63) is 51.5 Å². The summed E-state index contributed by atoms with van der Waals surface area (Å²) in [6, 6.07) is 9.57. The van der Waals surface area contributed by atoms with E-state index in [1.807, 2.05) is 0 Å². The summed E-state index contributed by atoms with van der Waals surface area (Å²) in [4.78, 5) is 12.3. The van der Waals surface area contributed by atoms with E-state index in [1.165, 1.54) is 0 Å². The van der Waals surface area contributed by atoms with E-state index in [1.54, 1.807) is 50.4 Å². The van der Waals surface area contributed by atoms with Crippen molar-refractivity contribution in [1.82, 2.24) is 0 Å². The van der Waals surface area contributed by atoms with Gasteiger partial charge in [-0.15, -0.1) is 0 Å². The minimum absolute atomic E-state index is 0.249. The molecule has 2 aromatic carbocycles. The summed E-state index contributed by atoms with van der Waals surface area (Å²) in [5.41, 5.74) is 1.17. The molecule has 7 heteroatoms. The third-order valence-electron chi connectivity index (χ3n) is 3.11. The zero-order valence-corrected chi connectivity index (χ0v) is 14.8. The normalized spacial score (nSPS) is 11.7. The Hall–Kier alpha value is -1.62. The number of benzene rings is 2. The quantitative estimate of drug-likeness (QED) is 0.767. The maximum absolute atomic E-state index is 12.3. The summed E-state index contributed by atoms with van der Waals surface area (Å²) in [6.07, 6.45) is 0. The Bertz CT molecular complexity index is 722. The average Bonchev–Trinajstić information content (AvgIpc) is 2.51. The Balaban J connectivity index is 2.05. The topological polar surface area (TPSA) is 50.4 Å². The molecule has 0 bridgehead atoms. The second-order valence-corrected chi connectivity index (χ2v) is 6.08. The van der Waals surface area contributed by atoms with Crippen LogP contribution >= 0.6 is 34.8 Å². The number of hydrogen-bond donors (Lipinski definition) is 2. The van der Waals surface area contributed by atoms with Gasteiger partial charge in [-0.3, -0.25) is 4.79 Å². The lowest BCUT2D eigenvalue weighted by Gasteiger charge is -2.16. The molecule has 0 aliphatic carbocycles. The van der Waals surface area contributed by atoms with Gasteiger partial charge in [0.25, 0.3) is 0 Å². The molecule has 0 radical (unpaired) electrons. The van der Waals surface area contributed by atoms with Crippen LogP contribution < -0.4 is 15.4 Å². The number of hydrogen-bond acceptors (Lipinski definition) is 3. The van der Waals surface area contributed by atoms with Crippen molar-refractivity contribution in [3.8, 4) is 5.75 Å². The molecule has 0 aliphatic rings. The van der Waals surface area contributed by atoms with E-state index >= 15 is 0 Å². The van der Waals surface area contributed by atoms with Gasteiger partial charge in [-0.05, 0) is 43.3 Å². The highest BCUT2D eigenvalue weighted by molar-refractivity contribution is 6.35. The second kappa shape index (κ2) is 7.77. The van der Waals surface area contributed by atoms with Crippen molar-refractivity contribution in [1.29, 1.82) is 0 Å². The number of methoxy groups -OCH3 is 1. The fourth-order valence-corrected chi connectivity index (χ4v) is 2.50. The lowest BCUT2D eigenvalue weighted by molar-refractivity contribution is -0.116. The molecule has 1 atom stereocenters. The number of carbonyl (C=O) groups excluding carboxylic acids is 1. The molecular weight excluding hydrogens is 359 g/mol. The maximum Gasteiger partial charge on any atom is 0.246 e. The van der Waals surface area contributed by atoms with E-state index in [9.17, 15) is 4.79 Å². The van der Waals surface area contributed by atoms with Crippen molar-refractivity contribution in [2.24, 2.45) is 0 Å².